The van der Waals surface area contributed by atoms with Crippen molar-refractivity contribution in [1.82, 2.24) is 0 Å². The Labute approximate surface area is 129 Å². The first-order valence-corrected chi connectivity index (χ1v) is 7.46. The summed E-state index contributed by atoms with van der Waals surface area (Å²) in [6.07, 6.45) is 1.21. The van der Waals surface area contributed by atoms with E-state index >= 15 is 0 Å². The van der Waals surface area contributed by atoms with Gasteiger partial charge in [0.1, 0.15) is 18.3 Å². The van der Waals surface area contributed by atoms with E-state index in [-0.39, 0.29) is 24.3 Å². The van der Waals surface area contributed by atoms with Crippen LogP contribution in [0.1, 0.15) is 41.9 Å². The Morgan fingerprint density at radius 2 is 1.73 bits per heavy atom. The van der Waals surface area contributed by atoms with E-state index < -0.39 is 0 Å². The third-order valence-electron chi connectivity index (χ3n) is 4.27. The van der Waals surface area contributed by atoms with Gasteiger partial charge in [0.15, 0.2) is 0 Å². The Kier molecular flexibility index (Phi) is 3.09. The van der Waals surface area contributed by atoms with Crippen LogP contribution >= 0.6 is 0 Å². The van der Waals surface area contributed by atoms with Gasteiger partial charge in [0.25, 0.3) is 0 Å². The van der Waals surface area contributed by atoms with E-state index in [2.05, 4.69) is 0 Å². The van der Waals surface area contributed by atoms with Crippen molar-refractivity contribution in [2.75, 3.05) is 0 Å². The topological polar surface area (TPSA) is 35.5 Å². The van der Waals surface area contributed by atoms with Crippen molar-refractivity contribution in [2.45, 2.75) is 25.2 Å². The summed E-state index contributed by atoms with van der Waals surface area (Å²) in [4.78, 5) is 12.5. The average Bonchev–Trinajstić information content (AvgIpc) is 3.15. The second-order valence-corrected chi connectivity index (χ2v) is 5.65. The number of ether oxygens (including phenoxy) is 2. The zero-order valence-corrected chi connectivity index (χ0v) is 12.2. The molecule has 0 amide bonds. The smallest absolute Gasteiger partial charge is 0.337 e. The zero-order chi connectivity index (χ0) is 15.1. The maximum atomic E-state index is 12.5. The van der Waals surface area contributed by atoms with E-state index in [1.807, 2.05) is 67.6 Å². The molecule has 0 saturated carbocycles. The summed E-state index contributed by atoms with van der Waals surface area (Å²) < 4.78 is 11.5. The predicted octanol–water partition coefficient (Wildman–Crippen LogP) is 4.04. The summed E-state index contributed by atoms with van der Waals surface area (Å²) in [5, 5.41) is 0. The lowest BCUT2D eigenvalue weighted by atomic mass is 9.91. The second kappa shape index (κ2) is 5.11. The largest absolute Gasteiger partial charge is 0.454 e. The maximum absolute atomic E-state index is 12.5. The summed E-state index contributed by atoms with van der Waals surface area (Å²) in [7, 11) is 0. The van der Waals surface area contributed by atoms with E-state index in [1.165, 1.54) is 0 Å². The van der Waals surface area contributed by atoms with Crippen LogP contribution in [0.4, 0.5) is 0 Å². The van der Waals surface area contributed by atoms with E-state index in [0.29, 0.717) is 5.57 Å². The van der Waals surface area contributed by atoms with Crippen LogP contribution in [0, 0.1) is 0 Å². The number of rotatable bonds is 3. The molecule has 2 bridgehead atoms. The highest BCUT2D eigenvalue weighted by Gasteiger charge is 2.42. The van der Waals surface area contributed by atoms with Gasteiger partial charge in [-0.25, -0.2) is 4.79 Å². The Hall–Kier alpha value is -2.39. The summed E-state index contributed by atoms with van der Waals surface area (Å²) in [6, 6.07) is 17.8. The van der Waals surface area contributed by atoms with E-state index in [4.69, 9.17) is 9.47 Å². The minimum atomic E-state index is -0.293. The van der Waals surface area contributed by atoms with E-state index in [0.717, 1.165) is 16.7 Å². The van der Waals surface area contributed by atoms with Gasteiger partial charge >= 0.3 is 5.97 Å². The second-order valence-electron chi connectivity index (χ2n) is 5.65. The van der Waals surface area contributed by atoms with Crippen molar-refractivity contribution in [2.24, 2.45) is 0 Å². The van der Waals surface area contributed by atoms with Crippen LogP contribution < -0.4 is 0 Å². The number of benzene rings is 2. The third kappa shape index (κ3) is 2.06. The van der Waals surface area contributed by atoms with Gasteiger partial charge in [-0.15, -0.1) is 0 Å². The van der Waals surface area contributed by atoms with Gasteiger partial charge in [0.2, 0.25) is 0 Å². The highest BCUT2D eigenvalue weighted by molar-refractivity contribution is 5.91. The van der Waals surface area contributed by atoms with Crippen LogP contribution in [0.5, 0.6) is 0 Å². The van der Waals surface area contributed by atoms with E-state index in [1.54, 1.807) is 0 Å². The van der Waals surface area contributed by atoms with Gasteiger partial charge in [0.05, 0.1) is 5.57 Å². The van der Waals surface area contributed by atoms with Crippen LogP contribution in [0.25, 0.3) is 0 Å². The van der Waals surface area contributed by atoms with Crippen LogP contribution in [-0.4, -0.2) is 5.97 Å². The first-order valence-electron chi connectivity index (χ1n) is 7.46. The molecule has 2 aromatic rings. The fourth-order valence-corrected chi connectivity index (χ4v) is 3.12. The molecule has 2 heterocycles. The molecular weight excluding hydrogens is 276 g/mol. The molecule has 2 aliphatic rings. The monoisotopic (exact) mass is 292 g/mol. The van der Waals surface area contributed by atoms with Crippen LogP contribution in [-0.2, 0) is 14.3 Å². The lowest BCUT2D eigenvalue weighted by molar-refractivity contribution is -0.144. The van der Waals surface area contributed by atoms with Crippen molar-refractivity contribution in [3.8, 4) is 0 Å². The fraction of sp³-hybridized carbons (Fsp3) is 0.211. The number of carbonyl (C=O) groups is 1. The van der Waals surface area contributed by atoms with Crippen molar-refractivity contribution >= 4 is 5.97 Å². The Balaban J connectivity index is 1.53. The summed E-state index contributed by atoms with van der Waals surface area (Å²) in [5.74, 6) is -0.293. The standard InChI is InChI=1S/C19H16O3/c1-12(13-7-3-2-4-8-13)21-19(20)16-11-17-14-9-5-6-10-15(14)18(16)22-17/h2-12,17-18H,1H3/t12-,17+,18+/m1/s1. The van der Waals surface area contributed by atoms with Gasteiger partial charge in [-0.1, -0.05) is 54.6 Å². The molecule has 2 aliphatic heterocycles. The molecule has 0 saturated heterocycles. The third-order valence-corrected chi connectivity index (χ3v) is 4.27. The molecule has 110 valence electrons. The van der Waals surface area contributed by atoms with Gasteiger partial charge in [0, 0.05) is 0 Å². The minimum Gasteiger partial charge on any atom is -0.454 e. The molecule has 3 heteroatoms. The first-order chi connectivity index (χ1) is 10.7. The molecule has 0 fully saturated rings. The van der Waals surface area contributed by atoms with Crippen LogP contribution in [0.3, 0.4) is 0 Å². The van der Waals surface area contributed by atoms with E-state index in [9.17, 15) is 4.79 Å². The van der Waals surface area contributed by atoms with Gasteiger partial charge in [-0.3, -0.25) is 0 Å². The summed E-state index contributed by atoms with van der Waals surface area (Å²) in [6.45, 7) is 1.88. The molecule has 0 unspecified atom stereocenters. The summed E-state index contributed by atoms with van der Waals surface area (Å²) in [5.41, 5.74) is 3.84. The number of hydrogen-bond acceptors (Lipinski definition) is 3. The molecule has 4 rings (SSSR count). The lowest BCUT2D eigenvalue weighted by Crippen LogP contribution is -2.15. The van der Waals surface area contributed by atoms with Gasteiger partial charge in [-0.05, 0) is 29.7 Å². The number of esters is 1. The molecule has 2 aromatic carbocycles. The van der Waals surface area contributed by atoms with Crippen molar-refractivity contribution < 1.29 is 14.3 Å². The van der Waals surface area contributed by atoms with Crippen LogP contribution in [0.2, 0.25) is 0 Å². The molecule has 0 spiro atoms. The van der Waals surface area contributed by atoms with Crippen molar-refractivity contribution in [3.63, 3.8) is 0 Å². The Bertz CT molecular complexity index is 748. The molecule has 22 heavy (non-hydrogen) atoms. The van der Waals surface area contributed by atoms with Crippen LogP contribution in [0.15, 0.2) is 66.2 Å². The average molecular weight is 292 g/mol. The minimum absolute atomic E-state index is 0.115. The highest BCUT2D eigenvalue weighted by atomic mass is 16.6. The normalized spacial score (nSPS) is 22.9. The highest BCUT2D eigenvalue weighted by Crippen LogP contribution is 2.50. The Morgan fingerprint density at radius 1 is 1.05 bits per heavy atom. The SMILES string of the molecule is C[C@@H](OC(=O)C1=C[C@@H]2O[C@H]1c1ccccc12)c1ccccc1. The summed E-state index contributed by atoms with van der Waals surface area (Å²) >= 11 is 0. The number of fused-ring (bicyclic) bond motifs is 5. The van der Waals surface area contributed by atoms with Crippen molar-refractivity contribution in [1.29, 1.82) is 0 Å². The predicted molar refractivity (Wildman–Crippen MR) is 82.0 cm³/mol. The lowest BCUT2D eigenvalue weighted by Gasteiger charge is -2.17. The first kappa shape index (κ1) is 13.3. The molecule has 0 radical (unpaired) electrons. The molecule has 0 aromatic heterocycles. The molecule has 0 N–H and O–H groups in total. The Morgan fingerprint density at radius 3 is 2.50 bits per heavy atom. The molecule has 0 aliphatic carbocycles. The van der Waals surface area contributed by atoms with Gasteiger partial charge in [-0.2, -0.15) is 0 Å². The maximum Gasteiger partial charge on any atom is 0.337 e. The number of carbonyl (C=O) groups excluding carboxylic acids is 1. The quantitative estimate of drug-likeness (QED) is 0.801. The molecule has 3 nitrogen and oxygen atoms in total. The molecule has 3 atom stereocenters. The van der Waals surface area contributed by atoms with Gasteiger partial charge < -0.3 is 9.47 Å². The van der Waals surface area contributed by atoms with Crippen molar-refractivity contribution in [3.05, 3.63) is 82.9 Å². The number of hydrogen-bond donors (Lipinski definition) is 0. The fourth-order valence-electron chi connectivity index (χ4n) is 3.12. The molecular formula is C19H16O3. The zero-order valence-electron chi connectivity index (χ0n) is 12.2.